The van der Waals surface area contributed by atoms with Crippen LogP contribution >= 0.6 is 23.4 Å². The fraction of sp³-hybridized carbons (Fsp3) is 0.120. The number of aryl methyl sites for hydroxylation is 2. The fourth-order valence-electron chi connectivity index (χ4n) is 2.95. The van der Waals surface area contributed by atoms with Gasteiger partial charge < -0.3 is 10.1 Å². The molecule has 31 heavy (non-hydrogen) atoms. The average Bonchev–Trinajstić information content (AvgIpc) is 3.10. The molecule has 1 aliphatic heterocycles. The predicted octanol–water partition coefficient (Wildman–Crippen LogP) is 6.43. The third kappa shape index (κ3) is 5.57. The van der Waals surface area contributed by atoms with Gasteiger partial charge in [0.25, 0.3) is 5.91 Å². The number of thioether (sulfide) groups is 1. The van der Waals surface area contributed by atoms with E-state index in [2.05, 4.69) is 17.2 Å². The van der Waals surface area contributed by atoms with E-state index in [9.17, 15) is 4.79 Å². The molecule has 0 atom stereocenters. The van der Waals surface area contributed by atoms with Crippen molar-refractivity contribution in [2.24, 2.45) is 4.99 Å². The number of carbonyl (C=O) groups is 1. The highest BCUT2D eigenvalue weighted by atomic mass is 35.5. The summed E-state index contributed by atoms with van der Waals surface area (Å²) in [7, 11) is 0. The number of nitrogens with one attached hydrogen (secondary N) is 1. The van der Waals surface area contributed by atoms with Crippen LogP contribution in [0.5, 0.6) is 5.75 Å². The molecular formula is C25H21ClN2O2S. The highest BCUT2D eigenvalue weighted by molar-refractivity contribution is 8.18. The molecule has 0 aliphatic carbocycles. The molecule has 4 nitrogen and oxygen atoms in total. The summed E-state index contributed by atoms with van der Waals surface area (Å²) in [5.74, 6) is 0.619. The monoisotopic (exact) mass is 448 g/mol. The van der Waals surface area contributed by atoms with Crippen LogP contribution in [0.25, 0.3) is 6.08 Å². The highest BCUT2D eigenvalue weighted by Crippen LogP contribution is 2.29. The Kier molecular flexibility index (Phi) is 6.44. The molecule has 156 valence electrons. The second kappa shape index (κ2) is 9.41. The number of benzene rings is 3. The molecule has 0 saturated carbocycles. The van der Waals surface area contributed by atoms with E-state index in [-0.39, 0.29) is 5.91 Å². The summed E-state index contributed by atoms with van der Waals surface area (Å²) < 4.78 is 5.81. The number of amidine groups is 1. The van der Waals surface area contributed by atoms with Gasteiger partial charge in [0.2, 0.25) is 0 Å². The van der Waals surface area contributed by atoms with E-state index in [4.69, 9.17) is 16.3 Å². The number of aliphatic imine (C=N–C) groups is 1. The average molecular weight is 449 g/mol. The minimum Gasteiger partial charge on any atom is -0.489 e. The van der Waals surface area contributed by atoms with E-state index >= 15 is 0 Å². The van der Waals surface area contributed by atoms with Crippen molar-refractivity contribution in [3.05, 3.63) is 98.9 Å². The molecule has 0 spiro atoms. The van der Waals surface area contributed by atoms with Crippen molar-refractivity contribution >= 4 is 46.2 Å². The normalized spacial score (nSPS) is 16.0. The van der Waals surface area contributed by atoms with Crippen LogP contribution in [0, 0.1) is 13.8 Å². The molecule has 3 aromatic carbocycles. The van der Waals surface area contributed by atoms with Crippen LogP contribution in [0.3, 0.4) is 0 Å². The van der Waals surface area contributed by atoms with Crippen molar-refractivity contribution in [2.45, 2.75) is 20.5 Å². The van der Waals surface area contributed by atoms with Crippen molar-refractivity contribution in [3.8, 4) is 5.75 Å². The zero-order valence-electron chi connectivity index (χ0n) is 17.2. The van der Waals surface area contributed by atoms with Crippen LogP contribution in [0.2, 0.25) is 5.02 Å². The minimum atomic E-state index is -0.143. The Morgan fingerprint density at radius 3 is 2.45 bits per heavy atom. The summed E-state index contributed by atoms with van der Waals surface area (Å²) in [6.45, 7) is 4.58. The van der Waals surface area contributed by atoms with Crippen LogP contribution in [0.1, 0.15) is 22.3 Å². The molecule has 6 heteroatoms. The molecule has 0 aromatic heterocycles. The van der Waals surface area contributed by atoms with Crippen molar-refractivity contribution < 1.29 is 9.53 Å². The Hall–Kier alpha value is -3.02. The maximum Gasteiger partial charge on any atom is 0.264 e. The molecule has 1 N–H and O–H groups in total. The van der Waals surface area contributed by atoms with Crippen molar-refractivity contribution in [2.75, 3.05) is 0 Å². The lowest BCUT2D eigenvalue weighted by molar-refractivity contribution is -0.115. The van der Waals surface area contributed by atoms with Crippen molar-refractivity contribution in [1.29, 1.82) is 0 Å². The second-order valence-electron chi connectivity index (χ2n) is 7.23. The summed E-state index contributed by atoms with van der Waals surface area (Å²) in [5, 5.41) is 4.12. The smallest absolute Gasteiger partial charge is 0.264 e. The fourth-order valence-corrected chi connectivity index (χ4v) is 3.92. The SMILES string of the molecule is Cc1ccc(N=C2NC(=O)C(=Cc3ccc(OCc4ccc(Cl)cc4)cc3)S2)cc1C. The third-order valence-corrected chi connectivity index (χ3v) is 6.03. The van der Waals surface area contributed by atoms with Gasteiger partial charge in [0.05, 0.1) is 10.6 Å². The number of amides is 1. The molecule has 3 aromatic rings. The number of ether oxygens (including phenoxy) is 1. The van der Waals surface area contributed by atoms with Crippen molar-refractivity contribution in [1.82, 2.24) is 5.32 Å². The van der Waals surface area contributed by atoms with Gasteiger partial charge in [0, 0.05) is 5.02 Å². The van der Waals surface area contributed by atoms with Gasteiger partial charge in [-0.2, -0.15) is 0 Å². The van der Waals surface area contributed by atoms with Gasteiger partial charge in [-0.3, -0.25) is 4.79 Å². The first kappa shape index (κ1) is 21.2. The quantitative estimate of drug-likeness (QED) is 0.457. The number of hydrogen-bond donors (Lipinski definition) is 1. The molecule has 1 saturated heterocycles. The van der Waals surface area contributed by atoms with E-state index in [1.807, 2.05) is 79.7 Å². The Labute approximate surface area is 191 Å². The highest BCUT2D eigenvalue weighted by Gasteiger charge is 2.23. The second-order valence-corrected chi connectivity index (χ2v) is 8.70. The van der Waals surface area contributed by atoms with Crippen LogP contribution in [-0.4, -0.2) is 11.1 Å². The molecule has 1 fully saturated rings. The molecule has 0 bridgehead atoms. The van der Waals surface area contributed by atoms with Crippen LogP contribution in [0.4, 0.5) is 5.69 Å². The summed E-state index contributed by atoms with van der Waals surface area (Å²) in [5.41, 5.74) is 5.18. The Morgan fingerprint density at radius 1 is 1.00 bits per heavy atom. The Morgan fingerprint density at radius 2 is 1.74 bits per heavy atom. The zero-order valence-corrected chi connectivity index (χ0v) is 18.8. The molecule has 4 rings (SSSR count). The predicted molar refractivity (Wildman–Crippen MR) is 129 cm³/mol. The summed E-state index contributed by atoms with van der Waals surface area (Å²) in [6, 6.07) is 21.2. The van der Waals surface area contributed by atoms with E-state index in [0.29, 0.717) is 21.7 Å². The summed E-state index contributed by atoms with van der Waals surface area (Å²) in [6.07, 6.45) is 1.85. The summed E-state index contributed by atoms with van der Waals surface area (Å²) >= 11 is 7.24. The number of nitrogens with zero attached hydrogens (tertiary/aromatic N) is 1. The number of rotatable bonds is 5. The van der Waals surface area contributed by atoms with Crippen LogP contribution in [0.15, 0.2) is 76.6 Å². The standard InChI is InChI=1S/C25H21ClN2O2S/c1-16-3-10-21(13-17(16)2)27-25-28-24(29)23(31-25)14-18-6-11-22(12-7-18)30-15-19-4-8-20(26)9-5-19/h3-14H,15H2,1-2H3,(H,27,28,29). The van der Waals surface area contributed by atoms with Gasteiger partial charge in [0.15, 0.2) is 5.17 Å². The lowest BCUT2D eigenvalue weighted by Crippen LogP contribution is -2.19. The first-order valence-electron chi connectivity index (χ1n) is 9.80. The van der Waals surface area contributed by atoms with Gasteiger partial charge in [-0.15, -0.1) is 0 Å². The molecule has 1 aliphatic rings. The number of hydrogen-bond acceptors (Lipinski definition) is 4. The lowest BCUT2D eigenvalue weighted by Gasteiger charge is -2.06. The van der Waals surface area contributed by atoms with Crippen LogP contribution in [-0.2, 0) is 11.4 Å². The minimum absolute atomic E-state index is 0.143. The number of carbonyl (C=O) groups excluding carboxylic acids is 1. The molecule has 0 unspecified atom stereocenters. The molecule has 1 amide bonds. The van der Waals surface area contributed by atoms with E-state index in [1.54, 1.807) is 0 Å². The largest absolute Gasteiger partial charge is 0.489 e. The van der Waals surface area contributed by atoms with Gasteiger partial charge in [-0.1, -0.05) is 41.9 Å². The molecule has 0 radical (unpaired) electrons. The van der Waals surface area contributed by atoms with Gasteiger partial charge in [-0.25, -0.2) is 4.99 Å². The molecule has 1 heterocycles. The Bertz CT molecular complexity index is 1170. The van der Waals surface area contributed by atoms with E-state index in [1.165, 1.54) is 22.9 Å². The first-order valence-corrected chi connectivity index (χ1v) is 11.0. The van der Waals surface area contributed by atoms with Gasteiger partial charge in [-0.05, 0) is 90.3 Å². The zero-order chi connectivity index (χ0) is 21.8. The maximum absolute atomic E-state index is 12.3. The maximum atomic E-state index is 12.3. The van der Waals surface area contributed by atoms with E-state index < -0.39 is 0 Å². The van der Waals surface area contributed by atoms with Crippen molar-refractivity contribution in [3.63, 3.8) is 0 Å². The van der Waals surface area contributed by atoms with Gasteiger partial charge >= 0.3 is 0 Å². The first-order chi connectivity index (χ1) is 15.0. The third-order valence-electron chi connectivity index (χ3n) is 4.87. The van der Waals surface area contributed by atoms with E-state index in [0.717, 1.165) is 22.6 Å². The summed E-state index contributed by atoms with van der Waals surface area (Å²) in [4.78, 5) is 17.5. The molecular weight excluding hydrogens is 428 g/mol. The van der Waals surface area contributed by atoms with Gasteiger partial charge in [0.1, 0.15) is 12.4 Å². The number of halogens is 1. The van der Waals surface area contributed by atoms with Crippen LogP contribution < -0.4 is 10.1 Å². The lowest BCUT2D eigenvalue weighted by atomic mass is 10.1. The Balaban J connectivity index is 1.41. The topological polar surface area (TPSA) is 50.7 Å².